The van der Waals surface area contributed by atoms with Gasteiger partial charge in [-0.1, -0.05) is 11.3 Å². The molecule has 0 bridgehead atoms. The highest BCUT2D eigenvalue weighted by molar-refractivity contribution is 7.15. The molecule has 1 N–H and O–H groups in total. The largest absolute Gasteiger partial charge is 0.480 e. The molecule has 1 atom stereocenters. The molecular weight excluding hydrogens is 214 g/mol. The number of aromatic nitrogens is 2. The van der Waals surface area contributed by atoms with Gasteiger partial charge in [0.15, 0.2) is 0 Å². The van der Waals surface area contributed by atoms with E-state index in [2.05, 4.69) is 10.2 Å². The Morgan fingerprint density at radius 3 is 2.93 bits per heavy atom. The molecule has 1 unspecified atom stereocenters. The molecule has 82 valence electrons. The highest BCUT2D eigenvalue weighted by Gasteiger charge is 2.30. The van der Waals surface area contributed by atoms with Crippen LogP contribution in [0.3, 0.4) is 0 Å². The van der Waals surface area contributed by atoms with E-state index in [1.807, 2.05) is 11.8 Å². The van der Waals surface area contributed by atoms with Gasteiger partial charge in [-0.15, -0.1) is 10.2 Å². The monoisotopic (exact) mass is 227 g/mol. The van der Waals surface area contributed by atoms with Gasteiger partial charge in [-0.3, -0.25) is 0 Å². The number of aryl methyl sites for hydroxylation is 1. The van der Waals surface area contributed by atoms with Crippen molar-refractivity contribution in [3.05, 3.63) is 5.01 Å². The van der Waals surface area contributed by atoms with Crippen LogP contribution in [0.25, 0.3) is 0 Å². The second kappa shape index (κ2) is 4.14. The Kier molecular flexibility index (Phi) is 2.86. The van der Waals surface area contributed by atoms with Gasteiger partial charge in [0.05, 0.1) is 0 Å². The molecule has 0 aliphatic carbocycles. The SMILES string of the molecule is Cc1nnc(N2CCCCC2C(=O)O)s1. The van der Waals surface area contributed by atoms with Gasteiger partial charge in [0.25, 0.3) is 0 Å². The lowest BCUT2D eigenvalue weighted by molar-refractivity contribution is -0.139. The van der Waals surface area contributed by atoms with Gasteiger partial charge in [0.1, 0.15) is 11.0 Å². The van der Waals surface area contributed by atoms with Crippen molar-refractivity contribution in [1.29, 1.82) is 0 Å². The summed E-state index contributed by atoms with van der Waals surface area (Å²) in [5, 5.41) is 18.6. The third-order valence-electron chi connectivity index (χ3n) is 2.55. The fourth-order valence-electron chi connectivity index (χ4n) is 1.82. The minimum absolute atomic E-state index is 0.425. The van der Waals surface area contributed by atoms with Crippen molar-refractivity contribution in [3.8, 4) is 0 Å². The Bertz CT molecular complexity index is 366. The van der Waals surface area contributed by atoms with Crippen LogP contribution < -0.4 is 4.90 Å². The third-order valence-corrected chi connectivity index (χ3v) is 3.42. The minimum atomic E-state index is -0.762. The Labute approximate surface area is 91.7 Å². The Morgan fingerprint density at radius 1 is 1.53 bits per heavy atom. The predicted molar refractivity (Wildman–Crippen MR) is 57.3 cm³/mol. The maximum atomic E-state index is 11.1. The van der Waals surface area contributed by atoms with Crippen LogP contribution in [0.1, 0.15) is 24.3 Å². The van der Waals surface area contributed by atoms with E-state index in [0.29, 0.717) is 6.42 Å². The van der Waals surface area contributed by atoms with Crippen molar-refractivity contribution in [2.24, 2.45) is 0 Å². The van der Waals surface area contributed by atoms with Crippen LogP contribution in [-0.4, -0.2) is 33.9 Å². The maximum Gasteiger partial charge on any atom is 0.326 e. The normalized spacial score (nSPS) is 21.7. The number of carbonyl (C=O) groups is 1. The number of nitrogens with zero attached hydrogens (tertiary/aromatic N) is 3. The molecule has 2 heterocycles. The lowest BCUT2D eigenvalue weighted by atomic mass is 10.0. The van der Waals surface area contributed by atoms with Gasteiger partial charge < -0.3 is 10.0 Å². The molecule has 15 heavy (non-hydrogen) atoms. The molecule has 1 aliphatic heterocycles. The molecule has 0 spiro atoms. The van der Waals surface area contributed by atoms with Crippen molar-refractivity contribution in [3.63, 3.8) is 0 Å². The average molecular weight is 227 g/mol. The van der Waals surface area contributed by atoms with Crippen molar-refractivity contribution in [2.75, 3.05) is 11.4 Å². The van der Waals surface area contributed by atoms with Crippen LogP contribution in [0.5, 0.6) is 0 Å². The van der Waals surface area contributed by atoms with Crippen LogP contribution in [-0.2, 0) is 4.79 Å². The molecule has 1 aromatic rings. The highest BCUT2D eigenvalue weighted by atomic mass is 32.1. The van der Waals surface area contributed by atoms with E-state index in [9.17, 15) is 4.79 Å². The van der Waals surface area contributed by atoms with Crippen molar-refractivity contribution < 1.29 is 9.90 Å². The first kappa shape index (κ1) is 10.4. The number of rotatable bonds is 2. The average Bonchev–Trinajstić information content (AvgIpc) is 2.65. The zero-order chi connectivity index (χ0) is 10.8. The molecule has 1 aromatic heterocycles. The van der Waals surface area contributed by atoms with E-state index in [1.54, 1.807) is 0 Å². The summed E-state index contributed by atoms with van der Waals surface area (Å²) in [6.45, 7) is 2.65. The standard InChI is InChI=1S/C9H13N3O2S/c1-6-10-11-9(15-6)12-5-3-2-4-7(12)8(13)14/h7H,2-5H2,1H3,(H,13,14). The molecule has 0 saturated carbocycles. The fourth-order valence-corrected chi connectivity index (χ4v) is 2.58. The summed E-state index contributed by atoms with van der Waals surface area (Å²) in [6, 6.07) is -0.425. The topological polar surface area (TPSA) is 66.3 Å². The molecule has 1 saturated heterocycles. The van der Waals surface area contributed by atoms with Crippen LogP contribution in [0.15, 0.2) is 0 Å². The lowest BCUT2D eigenvalue weighted by Gasteiger charge is -2.32. The Morgan fingerprint density at radius 2 is 2.33 bits per heavy atom. The minimum Gasteiger partial charge on any atom is -0.480 e. The Hall–Kier alpha value is -1.17. The molecule has 0 amide bonds. The molecule has 0 aromatic carbocycles. The van der Waals surface area contributed by atoms with Crippen LogP contribution >= 0.6 is 11.3 Å². The zero-order valence-corrected chi connectivity index (χ0v) is 9.33. The first-order valence-corrected chi connectivity index (χ1v) is 5.79. The number of anilines is 1. The molecule has 1 aliphatic rings. The summed E-state index contributed by atoms with van der Waals surface area (Å²) >= 11 is 1.46. The number of carboxylic acid groups (broad SMARTS) is 1. The number of piperidine rings is 1. The van der Waals surface area contributed by atoms with Gasteiger partial charge in [-0.25, -0.2) is 4.79 Å². The van der Waals surface area contributed by atoms with E-state index in [-0.39, 0.29) is 0 Å². The second-order valence-corrected chi connectivity index (χ2v) is 4.81. The summed E-state index contributed by atoms with van der Waals surface area (Å²) in [5.41, 5.74) is 0. The maximum absolute atomic E-state index is 11.1. The van der Waals surface area contributed by atoms with Gasteiger partial charge in [-0.05, 0) is 26.2 Å². The fraction of sp³-hybridized carbons (Fsp3) is 0.667. The first-order valence-electron chi connectivity index (χ1n) is 4.98. The number of hydrogen-bond acceptors (Lipinski definition) is 5. The van der Waals surface area contributed by atoms with Crippen molar-refractivity contribution in [1.82, 2.24) is 10.2 Å². The van der Waals surface area contributed by atoms with E-state index < -0.39 is 12.0 Å². The highest BCUT2D eigenvalue weighted by Crippen LogP contribution is 2.27. The Balaban J connectivity index is 2.21. The van der Waals surface area contributed by atoms with Gasteiger partial charge >= 0.3 is 5.97 Å². The van der Waals surface area contributed by atoms with E-state index in [4.69, 9.17) is 5.11 Å². The van der Waals surface area contributed by atoms with Crippen LogP contribution in [0, 0.1) is 6.92 Å². The molecule has 6 heteroatoms. The van der Waals surface area contributed by atoms with Gasteiger partial charge in [-0.2, -0.15) is 0 Å². The second-order valence-electron chi connectivity index (χ2n) is 3.65. The summed E-state index contributed by atoms with van der Waals surface area (Å²) < 4.78 is 0. The first-order chi connectivity index (χ1) is 7.18. The third kappa shape index (κ3) is 2.09. The van der Waals surface area contributed by atoms with E-state index in [0.717, 1.165) is 29.5 Å². The van der Waals surface area contributed by atoms with Crippen molar-refractivity contribution >= 4 is 22.4 Å². The summed E-state index contributed by atoms with van der Waals surface area (Å²) in [5.74, 6) is -0.762. The molecular formula is C9H13N3O2S. The molecule has 0 radical (unpaired) electrons. The van der Waals surface area contributed by atoms with E-state index in [1.165, 1.54) is 11.3 Å². The van der Waals surface area contributed by atoms with Gasteiger partial charge in [0.2, 0.25) is 5.13 Å². The zero-order valence-electron chi connectivity index (χ0n) is 8.51. The van der Waals surface area contributed by atoms with Crippen LogP contribution in [0.2, 0.25) is 0 Å². The summed E-state index contributed by atoms with van der Waals surface area (Å²) in [4.78, 5) is 12.9. The van der Waals surface area contributed by atoms with Crippen molar-refractivity contribution in [2.45, 2.75) is 32.2 Å². The molecule has 1 fully saturated rings. The molecule has 2 rings (SSSR count). The summed E-state index contributed by atoms with van der Waals surface area (Å²) in [6.07, 6.45) is 2.71. The van der Waals surface area contributed by atoms with Crippen LogP contribution in [0.4, 0.5) is 5.13 Å². The van der Waals surface area contributed by atoms with E-state index >= 15 is 0 Å². The predicted octanol–water partition coefficient (Wildman–Crippen LogP) is 1.29. The lowest BCUT2D eigenvalue weighted by Crippen LogP contribution is -2.44. The van der Waals surface area contributed by atoms with Gasteiger partial charge in [0, 0.05) is 6.54 Å². The quantitative estimate of drug-likeness (QED) is 0.824. The number of aliphatic carboxylic acids is 1. The number of carboxylic acids is 1. The smallest absolute Gasteiger partial charge is 0.326 e. The number of hydrogen-bond donors (Lipinski definition) is 1. The summed E-state index contributed by atoms with van der Waals surface area (Å²) in [7, 11) is 0. The molecule has 5 nitrogen and oxygen atoms in total.